The van der Waals surface area contributed by atoms with Crippen molar-refractivity contribution in [1.82, 2.24) is 0 Å². The van der Waals surface area contributed by atoms with Crippen LogP contribution in [-0.4, -0.2) is 12.5 Å². The third kappa shape index (κ3) is 22.8. The van der Waals surface area contributed by atoms with E-state index < -0.39 is 0 Å². The highest BCUT2D eigenvalue weighted by Gasteiger charge is 2.06. The maximum atomic E-state index is 8.00. The molecular weight excluding hydrogens is 585 g/mol. The van der Waals surface area contributed by atoms with Gasteiger partial charge in [0.1, 0.15) is 6.79 Å². The lowest BCUT2D eigenvalue weighted by Crippen LogP contribution is -2.11. The van der Waals surface area contributed by atoms with E-state index in [9.17, 15) is 0 Å². The third-order valence-electron chi connectivity index (χ3n) is 6.71. The Balaban J connectivity index is -0.000000552. The van der Waals surface area contributed by atoms with Gasteiger partial charge in [0.05, 0.1) is 11.8 Å². The molecule has 0 unspecified atom stereocenters. The van der Waals surface area contributed by atoms with Gasteiger partial charge >= 0.3 is 0 Å². The molecule has 0 aromatic heterocycles. The van der Waals surface area contributed by atoms with E-state index in [1.54, 1.807) is 0 Å². The van der Waals surface area contributed by atoms with E-state index in [0.29, 0.717) is 5.71 Å². The molecule has 4 aromatic carbocycles. The lowest BCUT2D eigenvalue weighted by Gasteiger charge is -2.11. The number of carbonyl (C=O) groups is 1. The number of carbonyl (C=O) groups excluding carboxylic acids is 1. The quantitative estimate of drug-likeness (QED) is 0.167. The van der Waals surface area contributed by atoms with Crippen molar-refractivity contribution in [1.29, 1.82) is 5.41 Å². The van der Waals surface area contributed by atoms with Gasteiger partial charge in [-0.3, -0.25) is 0 Å². The summed E-state index contributed by atoms with van der Waals surface area (Å²) in [4.78, 5) is 8.00. The van der Waals surface area contributed by atoms with E-state index >= 15 is 0 Å². The highest BCUT2D eigenvalue weighted by molar-refractivity contribution is 6.07. The molecule has 0 fully saturated rings. The summed E-state index contributed by atoms with van der Waals surface area (Å²) in [6.07, 6.45) is 3.03. The SMILES string of the molecule is C=C.C=O.CC.CC(C)=C(C)C.CC(C)=CC(=N)c1ccccc1C.CCc1ccc(C)cc1.NC(c1ccccc1)c1ccccc1. The van der Waals surface area contributed by atoms with Gasteiger partial charge in [0.2, 0.25) is 0 Å². The van der Waals surface area contributed by atoms with Gasteiger partial charge in [0.15, 0.2) is 0 Å². The van der Waals surface area contributed by atoms with Crippen molar-refractivity contribution in [2.45, 2.75) is 88.6 Å². The van der Waals surface area contributed by atoms with Gasteiger partial charge < -0.3 is 15.9 Å². The molecule has 4 aromatic rings. The molecule has 48 heavy (non-hydrogen) atoms. The predicted molar refractivity (Wildman–Crippen MR) is 216 cm³/mol. The number of hydrogen-bond donors (Lipinski definition) is 2. The highest BCUT2D eigenvalue weighted by Crippen LogP contribution is 2.18. The fourth-order valence-corrected chi connectivity index (χ4v) is 3.58. The maximum Gasteiger partial charge on any atom is 0.106 e. The van der Waals surface area contributed by atoms with Gasteiger partial charge in [-0.25, -0.2) is 0 Å². The largest absolute Gasteiger partial charge is 0.320 e. The van der Waals surface area contributed by atoms with E-state index in [4.69, 9.17) is 15.9 Å². The number of nitrogens with one attached hydrogen (secondary N) is 1. The molecule has 4 rings (SSSR count). The van der Waals surface area contributed by atoms with E-state index in [0.717, 1.165) is 34.2 Å². The summed E-state index contributed by atoms with van der Waals surface area (Å²) in [6.45, 7) is 30.8. The summed E-state index contributed by atoms with van der Waals surface area (Å²) in [5.41, 5.74) is 18.0. The first-order chi connectivity index (χ1) is 23.0. The molecule has 0 aliphatic heterocycles. The Morgan fingerprint density at radius 1 is 0.667 bits per heavy atom. The fourth-order valence-electron chi connectivity index (χ4n) is 3.58. The number of benzene rings is 4. The van der Waals surface area contributed by atoms with Crippen LogP contribution in [0, 0.1) is 19.3 Å². The van der Waals surface area contributed by atoms with Crippen LogP contribution in [0.2, 0.25) is 0 Å². The molecule has 0 saturated heterocycles. The topological polar surface area (TPSA) is 66.9 Å². The number of rotatable bonds is 5. The van der Waals surface area contributed by atoms with Crippen LogP contribution in [0.5, 0.6) is 0 Å². The van der Waals surface area contributed by atoms with Crippen LogP contribution in [0.3, 0.4) is 0 Å². The summed E-state index contributed by atoms with van der Waals surface area (Å²) >= 11 is 0. The zero-order chi connectivity index (χ0) is 37.5. The Morgan fingerprint density at radius 3 is 1.38 bits per heavy atom. The number of allylic oxidation sites excluding steroid dienone is 4. The Bertz CT molecular complexity index is 1360. The zero-order valence-electron chi connectivity index (χ0n) is 31.9. The predicted octanol–water partition coefficient (Wildman–Crippen LogP) is 12.6. The number of hydrogen-bond acceptors (Lipinski definition) is 3. The molecule has 0 spiro atoms. The van der Waals surface area contributed by atoms with Gasteiger partial charge in [0.25, 0.3) is 0 Å². The highest BCUT2D eigenvalue weighted by atomic mass is 16.1. The minimum absolute atomic E-state index is 0.0163. The summed E-state index contributed by atoms with van der Waals surface area (Å²) in [7, 11) is 0. The van der Waals surface area contributed by atoms with Crippen LogP contribution in [0.1, 0.15) is 102 Å². The Hall–Kier alpha value is -4.60. The van der Waals surface area contributed by atoms with E-state index in [1.807, 2.05) is 108 Å². The molecule has 260 valence electrons. The van der Waals surface area contributed by atoms with Crippen molar-refractivity contribution in [3.05, 3.63) is 179 Å². The second kappa shape index (κ2) is 31.0. The van der Waals surface area contributed by atoms with Gasteiger partial charge in [-0.05, 0) is 90.1 Å². The van der Waals surface area contributed by atoms with Crippen molar-refractivity contribution >= 4 is 12.5 Å². The van der Waals surface area contributed by atoms with Crippen LogP contribution in [0.25, 0.3) is 0 Å². The molecule has 3 heteroatoms. The lowest BCUT2D eigenvalue weighted by atomic mass is 10.00. The van der Waals surface area contributed by atoms with Crippen molar-refractivity contribution in [2.24, 2.45) is 5.73 Å². The molecular formula is C45H64N2O. The lowest BCUT2D eigenvalue weighted by molar-refractivity contribution is -0.0980. The van der Waals surface area contributed by atoms with Crippen LogP contribution in [-0.2, 0) is 11.2 Å². The first-order valence-corrected chi connectivity index (χ1v) is 16.6. The second-order valence-corrected chi connectivity index (χ2v) is 11.1. The van der Waals surface area contributed by atoms with Crippen LogP contribution >= 0.6 is 0 Å². The molecule has 0 heterocycles. The minimum Gasteiger partial charge on any atom is -0.320 e. The first kappa shape index (κ1) is 47.8. The molecule has 0 saturated carbocycles. The van der Waals surface area contributed by atoms with Gasteiger partial charge in [-0.15, -0.1) is 13.2 Å². The number of aryl methyl sites for hydroxylation is 3. The van der Waals surface area contributed by atoms with Crippen LogP contribution in [0.15, 0.2) is 145 Å². The smallest absolute Gasteiger partial charge is 0.106 e. The summed E-state index contributed by atoms with van der Waals surface area (Å²) in [5.74, 6) is 0. The average molecular weight is 649 g/mol. The van der Waals surface area contributed by atoms with Gasteiger partial charge in [-0.2, -0.15) is 0 Å². The first-order valence-electron chi connectivity index (χ1n) is 16.6. The van der Waals surface area contributed by atoms with Crippen LogP contribution in [0.4, 0.5) is 0 Å². The van der Waals surface area contributed by atoms with E-state index in [-0.39, 0.29) is 6.04 Å². The van der Waals surface area contributed by atoms with Crippen molar-refractivity contribution in [3.8, 4) is 0 Å². The average Bonchev–Trinajstić information content (AvgIpc) is 3.12. The van der Waals surface area contributed by atoms with E-state index in [2.05, 4.69) is 103 Å². The normalized spacial score (nSPS) is 8.69. The third-order valence-corrected chi connectivity index (χ3v) is 6.71. The Kier molecular flexibility index (Phi) is 30.9. The Morgan fingerprint density at radius 2 is 1.04 bits per heavy atom. The molecule has 0 atom stereocenters. The van der Waals surface area contributed by atoms with Crippen molar-refractivity contribution in [3.63, 3.8) is 0 Å². The standard InChI is InChI=1S/C13H13N.C12H15N.C9H12.C6H12.C2H6.C2H4.CH2O/c14-13(11-7-3-1-4-8-11)12-9-5-2-6-10-12;1-9(2)8-12(13)11-7-5-4-6-10(11)3;1-3-9-6-4-8(2)5-7-9;1-5(2)6(3)4;3*1-2/h1-10,13H,14H2;4-8,13H,1-3H3;4-7H,3H2,1-2H3;1-4H3;1-2H3;1-2H2;1H2. The molecule has 0 radical (unpaired) electrons. The zero-order valence-corrected chi connectivity index (χ0v) is 31.9. The van der Waals surface area contributed by atoms with Crippen molar-refractivity contribution in [2.75, 3.05) is 0 Å². The Labute approximate surface area is 294 Å². The van der Waals surface area contributed by atoms with Crippen LogP contribution < -0.4 is 5.73 Å². The monoisotopic (exact) mass is 649 g/mol. The van der Waals surface area contributed by atoms with Gasteiger partial charge in [0, 0.05) is 5.56 Å². The summed E-state index contributed by atoms with van der Waals surface area (Å²) < 4.78 is 0. The molecule has 0 amide bonds. The molecule has 0 bridgehead atoms. The molecule has 3 nitrogen and oxygen atoms in total. The molecule has 0 aliphatic rings. The molecule has 3 N–H and O–H groups in total. The summed E-state index contributed by atoms with van der Waals surface area (Å²) in [5, 5.41) is 7.82. The molecule has 0 aliphatic carbocycles. The maximum absolute atomic E-state index is 8.00. The second-order valence-electron chi connectivity index (χ2n) is 11.1. The summed E-state index contributed by atoms with van der Waals surface area (Å²) in [6, 6.07) is 36.9. The number of nitrogens with two attached hydrogens (primary N) is 1. The minimum atomic E-state index is -0.0163. The fraction of sp³-hybridized carbons (Fsp3) is 0.289. The van der Waals surface area contributed by atoms with E-state index in [1.165, 1.54) is 22.3 Å². The van der Waals surface area contributed by atoms with Gasteiger partial charge in [-0.1, -0.05) is 152 Å². The van der Waals surface area contributed by atoms with Crippen molar-refractivity contribution < 1.29 is 4.79 Å².